The molecule has 0 atom stereocenters. The highest BCUT2D eigenvalue weighted by Gasteiger charge is 2.24. The molecule has 0 bridgehead atoms. The van der Waals surface area contributed by atoms with Crippen LogP contribution in [0.25, 0.3) is 0 Å². The fraction of sp³-hybridized carbons (Fsp3) is 0.857. The summed E-state index contributed by atoms with van der Waals surface area (Å²) in [4.78, 5) is 4.54. The fourth-order valence-electron chi connectivity index (χ4n) is 2.74. The first kappa shape index (κ1) is 13.5. The molecule has 2 rings (SSSR count). The number of nitrogens with one attached hydrogen (secondary N) is 1. The van der Waals surface area contributed by atoms with E-state index >= 15 is 0 Å². The van der Waals surface area contributed by atoms with Gasteiger partial charge in [-0.1, -0.05) is 25.4 Å². The lowest BCUT2D eigenvalue weighted by Crippen LogP contribution is -2.16. The first-order valence-electron chi connectivity index (χ1n) is 7.36. The molecule has 0 aromatic carbocycles. The van der Waals surface area contributed by atoms with Crippen molar-refractivity contribution in [1.82, 2.24) is 15.5 Å². The van der Waals surface area contributed by atoms with Gasteiger partial charge in [-0.2, -0.15) is 4.98 Å². The Kier molecular flexibility index (Phi) is 5.17. The average molecular weight is 251 g/mol. The van der Waals surface area contributed by atoms with E-state index in [0.29, 0.717) is 5.92 Å². The van der Waals surface area contributed by atoms with E-state index in [0.717, 1.165) is 37.1 Å². The van der Waals surface area contributed by atoms with Gasteiger partial charge in [-0.05, 0) is 38.1 Å². The van der Waals surface area contributed by atoms with Crippen LogP contribution in [-0.2, 0) is 6.42 Å². The number of hydrogen-bond acceptors (Lipinski definition) is 4. The summed E-state index contributed by atoms with van der Waals surface area (Å²) in [6.45, 7) is 6.30. The first-order valence-corrected chi connectivity index (χ1v) is 7.36. The molecule has 4 heteroatoms. The van der Waals surface area contributed by atoms with Crippen molar-refractivity contribution in [1.29, 1.82) is 0 Å². The molecule has 1 heterocycles. The van der Waals surface area contributed by atoms with Gasteiger partial charge in [0, 0.05) is 18.9 Å². The van der Waals surface area contributed by atoms with Gasteiger partial charge in [-0.25, -0.2) is 0 Å². The lowest BCUT2D eigenvalue weighted by Gasteiger charge is -2.25. The van der Waals surface area contributed by atoms with Crippen molar-refractivity contribution in [3.05, 3.63) is 11.7 Å². The Morgan fingerprint density at radius 2 is 2.00 bits per heavy atom. The van der Waals surface area contributed by atoms with Gasteiger partial charge in [-0.3, -0.25) is 0 Å². The van der Waals surface area contributed by atoms with E-state index in [9.17, 15) is 0 Å². The van der Waals surface area contributed by atoms with Gasteiger partial charge in [0.25, 0.3) is 0 Å². The molecule has 1 fully saturated rings. The largest absolute Gasteiger partial charge is 0.339 e. The van der Waals surface area contributed by atoms with Crippen LogP contribution in [0.5, 0.6) is 0 Å². The molecular formula is C14H25N3O. The highest BCUT2D eigenvalue weighted by molar-refractivity contribution is 4.97. The van der Waals surface area contributed by atoms with Gasteiger partial charge in [0.05, 0.1) is 0 Å². The third-order valence-corrected chi connectivity index (χ3v) is 4.04. The Labute approximate surface area is 110 Å². The first-order chi connectivity index (χ1) is 8.83. The molecule has 1 aromatic heterocycles. The highest BCUT2D eigenvalue weighted by atomic mass is 16.5. The summed E-state index contributed by atoms with van der Waals surface area (Å²) in [7, 11) is 0. The third kappa shape index (κ3) is 3.55. The van der Waals surface area contributed by atoms with Crippen LogP contribution in [-0.4, -0.2) is 23.2 Å². The predicted molar refractivity (Wildman–Crippen MR) is 71.5 cm³/mol. The molecule has 1 aliphatic rings. The molecule has 1 saturated carbocycles. The van der Waals surface area contributed by atoms with E-state index in [-0.39, 0.29) is 0 Å². The SMILES string of the molecule is CCNCCc1nc(C2CCC(CC)CC2)no1. The molecule has 102 valence electrons. The summed E-state index contributed by atoms with van der Waals surface area (Å²) in [6.07, 6.45) is 7.25. The average Bonchev–Trinajstić information content (AvgIpc) is 2.88. The van der Waals surface area contributed by atoms with Crippen LogP contribution >= 0.6 is 0 Å². The topological polar surface area (TPSA) is 51.0 Å². The van der Waals surface area contributed by atoms with Crippen molar-refractivity contribution in [2.75, 3.05) is 13.1 Å². The molecule has 0 saturated heterocycles. The summed E-state index contributed by atoms with van der Waals surface area (Å²) >= 11 is 0. The summed E-state index contributed by atoms with van der Waals surface area (Å²) in [5.41, 5.74) is 0. The van der Waals surface area contributed by atoms with Crippen LogP contribution in [0.3, 0.4) is 0 Å². The van der Waals surface area contributed by atoms with Gasteiger partial charge >= 0.3 is 0 Å². The van der Waals surface area contributed by atoms with E-state index in [2.05, 4.69) is 29.3 Å². The summed E-state index contributed by atoms with van der Waals surface area (Å²) < 4.78 is 5.32. The number of aromatic nitrogens is 2. The van der Waals surface area contributed by atoms with E-state index in [1.165, 1.54) is 32.1 Å². The summed E-state index contributed by atoms with van der Waals surface area (Å²) in [6, 6.07) is 0. The third-order valence-electron chi connectivity index (χ3n) is 4.04. The van der Waals surface area contributed by atoms with Crippen LogP contribution in [0.2, 0.25) is 0 Å². The Morgan fingerprint density at radius 3 is 2.67 bits per heavy atom. The summed E-state index contributed by atoms with van der Waals surface area (Å²) in [5.74, 6) is 3.17. The second-order valence-corrected chi connectivity index (χ2v) is 5.28. The van der Waals surface area contributed by atoms with Gasteiger partial charge in [0.2, 0.25) is 5.89 Å². The molecule has 0 aliphatic heterocycles. The maximum absolute atomic E-state index is 5.32. The standard InChI is InChI=1S/C14H25N3O/c1-3-11-5-7-12(8-6-11)14-16-13(18-17-14)9-10-15-4-2/h11-12,15H,3-10H2,1-2H3. The monoisotopic (exact) mass is 251 g/mol. The van der Waals surface area contributed by atoms with Crippen molar-refractivity contribution >= 4 is 0 Å². The van der Waals surface area contributed by atoms with Gasteiger partial charge in [-0.15, -0.1) is 0 Å². The Hall–Kier alpha value is -0.900. The number of rotatable bonds is 6. The Bertz CT molecular complexity index is 343. The van der Waals surface area contributed by atoms with Crippen molar-refractivity contribution in [3.8, 4) is 0 Å². The van der Waals surface area contributed by atoms with E-state index in [1.54, 1.807) is 0 Å². The zero-order valence-corrected chi connectivity index (χ0v) is 11.6. The number of nitrogens with zero attached hydrogens (tertiary/aromatic N) is 2. The molecule has 1 aliphatic carbocycles. The fourth-order valence-corrected chi connectivity index (χ4v) is 2.74. The molecular weight excluding hydrogens is 226 g/mol. The van der Waals surface area contributed by atoms with Crippen molar-refractivity contribution in [3.63, 3.8) is 0 Å². The summed E-state index contributed by atoms with van der Waals surface area (Å²) in [5, 5.41) is 7.43. The van der Waals surface area contributed by atoms with Gasteiger partial charge < -0.3 is 9.84 Å². The second-order valence-electron chi connectivity index (χ2n) is 5.28. The quantitative estimate of drug-likeness (QED) is 0.790. The predicted octanol–water partition coefficient (Wildman–Crippen LogP) is 2.91. The molecule has 0 spiro atoms. The number of hydrogen-bond donors (Lipinski definition) is 1. The van der Waals surface area contributed by atoms with Gasteiger partial charge in [0.15, 0.2) is 5.82 Å². The van der Waals surface area contributed by atoms with Crippen LogP contribution in [0.1, 0.15) is 63.6 Å². The maximum Gasteiger partial charge on any atom is 0.227 e. The lowest BCUT2D eigenvalue weighted by atomic mass is 9.80. The molecule has 0 amide bonds. The lowest BCUT2D eigenvalue weighted by molar-refractivity contribution is 0.303. The molecule has 1 aromatic rings. The molecule has 0 radical (unpaired) electrons. The highest BCUT2D eigenvalue weighted by Crippen LogP contribution is 2.35. The maximum atomic E-state index is 5.32. The van der Waals surface area contributed by atoms with E-state index in [4.69, 9.17) is 4.52 Å². The Balaban J connectivity index is 1.82. The van der Waals surface area contributed by atoms with Crippen LogP contribution < -0.4 is 5.32 Å². The number of likely N-dealkylation sites (N-methyl/N-ethyl adjacent to an activating group) is 1. The zero-order chi connectivity index (χ0) is 12.8. The van der Waals surface area contributed by atoms with Gasteiger partial charge in [0.1, 0.15) is 0 Å². The second kappa shape index (κ2) is 6.88. The van der Waals surface area contributed by atoms with Crippen molar-refractivity contribution in [2.24, 2.45) is 5.92 Å². The van der Waals surface area contributed by atoms with Crippen molar-refractivity contribution < 1.29 is 4.52 Å². The minimum atomic E-state index is 0.532. The van der Waals surface area contributed by atoms with Crippen molar-refractivity contribution in [2.45, 2.75) is 58.3 Å². The molecule has 1 N–H and O–H groups in total. The van der Waals surface area contributed by atoms with Crippen LogP contribution in [0.15, 0.2) is 4.52 Å². The molecule has 18 heavy (non-hydrogen) atoms. The van der Waals surface area contributed by atoms with Crippen LogP contribution in [0.4, 0.5) is 0 Å². The smallest absolute Gasteiger partial charge is 0.227 e. The van der Waals surface area contributed by atoms with E-state index in [1.807, 2.05) is 0 Å². The minimum Gasteiger partial charge on any atom is -0.339 e. The normalized spacial score (nSPS) is 24.3. The minimum absolute atomic E-state index is 0.532. The van der Waals surface area contributed by atoms with E-state index < -0.39 is 0 Å². The molecule has 4 nitrogen and oxygen atoms in total. The van der Waals surface area contributed by atoms with Crippen LogP contribution in [0, 0.1) is 5.92 Å². The zero-order valence-electron chi connectivity index (χ0n) is 11.6. The molecule has 0 unspecified atom stereocenters. The Morgan fingerprint density at radius 1 is 1.22 bits per heavy atom.